The Bertz CT molecular complexity index is 664. The second kappa shape index (κ2) is 6.87. The molecule has 1 unspecified atom stereocenters. The number of aryl methyl sites for hydroxylation is 1. The Morgan fingerprint density at radius 1 is 1.00 bits per heavy atom. The molecule has 0 heterocycles. The van der Waals surface area contributed by atoms with Gasteiger partial charge in [-0.15, -0.1) is 0 Å². The monoisotopic (exact) mass is 303 g/mol. The van der Waals surface area contributed by atoms with Gasteiger partial charge in [0.2, 0.25) is 10.0 Å². The molecule has 0 amide bonds. The van der Waals surface area contributed by atoms with Gasteiger partial charge in [0.15, 0.2) is 0 Å². The molecule has 0 aliphatic rings. The summed E-state index contributed by atoms with van der Waals surface area (Å²) in [5.74, 6) is 0.0101. The molecule has 2 rings (SSSR count). The van der Waals surface area contributed by atoms with Crippen molar-refractivity contribution in [3.63, 3.8) is 0 Å². The van der Waals surface area contributed by atoms with Gasteiger partial charge in [-0.1, -0.05) is 67.1 Å². The largest absolute Gasteiger partial charge is 0.216 e. The molecule has 0 saturated heterocycles. The van der Waals surface area contributed by atoms with Gasteiger partial charge in [-0.05, 0) is 24.5 Å². The maximum atomic E-state index is 12.3. The van der Waals surface area contributed by atoms with Crippen molar-refractivity contribution in [2.24, 2.45) is 0 Å². The van der Waals surface area contributed by atoms with Crippen LogP contribution in [0.3, 0.4) is 0 Å². The maximum absolute atomic E-state index is 12.3. The summed E-state index contributed by atoms with van der Waals surface area (Å²) >= 11 is 0. The number of rotatable bonds is 6. The number of nitrogens with one attached hydrogen (secondary N) is 1. The zero-order chi connectivity index (χ0) is 15.3. The zero-order valence-electron chi connectivity index (χ0n) is 12.4. The van der Waals surface area contributed by atoms with E-state index in [4.69, 9.17) is 0 Å². The van der Waals surface area contributed by atoms with Crippen molar-refractivity contribution in [3.05, 3.63) is 71.3 Å². The minimum Gasteiger partial charge on any atom is -0.212 e. The molecular weight excluding hydrogens is 282 g/mol. The normalized spacial score (nSPS) is 13.0. The maximum Gasteiger partial charge on any atom is 0.216 e. The lowest BCUT2D eigenvalue weighted by atomic mass is 10.0. The highest BCUT2D eigenvalue weighted by Gasteiger charge is 2.18. The third-order valence-corrected chi connectivity index (χ3v) is 4.77. The van der Waals surface area contributed by atoms with Crippen LogP contribution in [0.1, 0.15) is 36.1 Å². The molecule has 2 aromatic carbocycles. The van der Waals surface area contributed by atoms with Gasteiger partial charge in [0.1, 0.15) is 0 Å². The average molecular weight is 303 g/mol. The Balaban J connectivity index is 2.12. The first-order valence-corrected chi connectivity index (χ1v) is 8.76. The van der Waals surface area contributed by atoms with Crippen LogP contribution in [-0.2, 0) is 15.8 Å². The highest BCUT2D eigenvalue weighted by molar-refractivity contribution is 7.88. The minimum absolute atomic E-state index is 0.0101. The first-order valence-electron chi connectivity index (χ1n) is 7.10. The van der Waals surface area contributed by atoms with Crippen molar-refractivity contribution >= 4 is 10.0 Å². The van der Waals surface area contributed by atoms with Gasteiger partial charge < -0.3 is 0 Å². The summed E-state index contributed by atoms with van der Waals surface area (Å²) in [6.45, 7) is 4.00. The molecule has 0 radical (unpaired) electrons. The molecule has 0 fully saturated rings. The predicted octanol–water partition coefficient (Wildman–Crippen LogP) is 3.57. The highest BCUT2D eigenvalue weighted by atomic mass is 32.2. The number of benzene rings is 2. The molecule has 3 nitrogen and oxygen atoms in total. The lowest BCUT2D eigenvalue weighted by molar-refractivity contribution is 0.549. The van der Waals surface area contributed by atoms with Crippen LogP contribution in [0.15, 0.2) is 54.6 Å². The molecule has 0 spiro atoms. The first kappa shape index (κ1) is 15.7. The molecule has 4 heteroatoms. The topological polar surface area (TPSA) is 46.2 Å². The second-order valence-electron chi connectivity index (χ2n) is 5.23. The summed E-state index contributed by atoms with van der Waals surface area (Å²) in [4.78, 5) is 0. The molecule has 0 aliphatic heterocycles. The van der Waals surface area contributed by atoms with Crippen molar-refractivity contribution in [1.29, 1.82) is 0 Å². The summed E-state index contributed by atoms with van der Waals surface area (Å²) in [6.07, 6.45) is 0.719. The average Bonchev–Trinajstić information content (AvgIpc) is 2.46. The fourth-order valence-electron chi connectivity index (χ4n) is 2.24. The lowest BCUT2D eigenvalue weighted by Gasteiger charge is -2.18. The van der Waals surface area contributed by atoms with Gasteiger partial charge in [-0.25, -0.2) is 13.1 Å². The standard InChI is InChI=1S/C17H21NO2S/c1-3-17(16-11-9-14(2)10-12-16)18-21(19,20)13-15-7-5-4-6-8-15/h4-12,17-18H,3,13H2,1-2H3. The van der Waals surface area contributed by atoms with Crippen LogP contribution in [0, 0.1) is 6.92 Å². The van der Waals surface area contributed by atoms with Crippen molar-refractivity contribution in [3.8, 4) is 0 Å². The molecule has 2 aromatic rings. The molecule has 1 N–H and O–H groups in total. The minimum atomic E-state index is -3.35. The molecular formula is C17H21NO2S. The Kier molecular flexibility index (Phi) is 5.15. The molecule has 1 atom stereocenters. The van der Waals surface area contributed by atoms with Crippen molar-refractivity contribution in [2.45, 2.75) is 32.1 Å². The Morgan fingerprint density at radius 3 is 2.19 bits per heavy atom. The van der Waals surface area contributed by atoms with E-state index in [0.717, 1.165) is 17.5 Å². The van der Waals surface area contributed by atoms with Gasteiger partial charge in [0, 0.05) is 6.04 Å². The summed E-state index contributed by atoms with van der Waals surface area (Å²) < 4.78 is 27.4. The van der Waals surface area contributed by atoms with Crippen molar-refractivity contribution in [1.82, 2.24) is 4.72 Å². The first-order chi connectivity index (χ1) is 10.00. The molecule has 0 aliphatic carbocycles. The van der Waals surface area contributed by atoms with E-state index in [1.807, 2.05) is 68.4 Å². The number of hydrogen-bond donors (Lipinski definition) is 1. The SMILES string of the molecule is CCC(NS(=O)(=O)Cc1ccccc1)c1ccc(C)cc1. The van der Waals surface area contributed by atoms with Gasteiger partial charge in [-0.3, -0.25) is 0 Å². The Hall–Kier alpha value is -1.65. The molecule has 21 heavy (non-hydrogen) atoms. The van der Waals surface area contributed by atoms with Crippen LogP contribution in [0.4, 0.5) is 0 Å². The molecule has 112 valence electrons. The van der Waals surface area contributed by atoms with Crippen LogP contribution in [0.5, 0.6) is 0 Å². The van der Waals surface area contributed by atoms with Crippen LogP contribution in [0.25, 0.3) is 0 Å². The quantitative estimate of drug-likeness (QED) is 0.887. The summed E-state index contributed by atoms with van der Waals surface area (Å²) in [5, 5.41) is 0. The third kappa shape index (κ3) is 4.69. The van der Waals surface area contributed by atoms with Gasteiger partial charge in [0.25, 0.3) is 0 Å². The third-order valence-electron chi connectivity index (χ3n) is 3.41. The molecule has 0 saturated carbocycles. The van der Waals surface area contributed by atoms with Crippen molar-refractivity contribution < 1.29 is 8.42 Å². The smallest absolute Gasteiger partial charge is 0.212 e. The van der Waals surface area contributed by atoms with E-state index < -0.39 is 10.0 Å². The number of sulfonamides is 1. The second-order valence-corrected chi connectivity index (χ2v) is 6.99. The zero-order valence-corrected chi connectivity index (χ0v) is 13.2. The molecule has 0 aromatic heterocycles. The summed E-state index contributed by atoms with van der Waals surface area (Å²) in [7, 11) is -3.35. The fourth-order valence-corrected chi connectivity index (χ4v) is 3.69. The van der Waals surface area contributed by atoms with E-state index in [1.165, 1.54) is 5.56 Å². The highest BCUT2D eigenvalue weighted by Crippen LogP contribution is 2.19. The molecule has 0 bridgehead atoms. The van der Waals surface area contributed by atoms with E-state index in [0.29, 0.717) is 0 Å². The van der Waals surface area contributed by atoms with Gasteiger partial charge >= 0.3 is 0 Å². The Labute approximate surface area is 127 Å². The van der Waals surface area contributed by atoms with Gasteiger partial charge in [-0.2, -0.15) is 0 Å². The van der Waals surface area contributed by atoms with Crippen molar-refractivity contribution in [2.75, 3.05) is 0 Å². The van der Waals surface area contributed by atoms with E-state index >= 15 is 0 Å². The summed E-state index contributed by atoms with van der Waals surface area (Å²) in [6, 6.07) is 17.0. The van der Waals surface area contributed by atoms with E-state index in [1.54, 1.807) is 0 Å². The van der Waals surface area contributed by atoms with Crippen LogP contribution < -0.4 is 4.72 Å². The van der Waals surface area contributed by atoms with Crippen LogP contribution >= 0.6 is 0 Å². The Morgan fingerprint density at radius 2 is 1.62 bits per heavy atom. The lowest BCUT2D eigenvalue weighted by Crippen LogP contribution is -2.29. The van der Waals surface area contributed by atoms with E-state index in [-0.39, 0.29) is 11.8 Å². The fraction of sp³-hybridized carbons (Fsp3) is 0.294. The van der Waals surface area contributed by atoms with E-state index in [2.05, 4.69) is 4.72 Å². The number of hydrogen-bond acceptors (Lipinski definition) is 2. The van der Waals surface area contributed by atoms with E-state index in [9.17, 15) is 8.42 Å². The van der Waals surface area contributed by atoms with Gasteiger partial charge in [0.05, 0.1) is 5.75 Å². The predicted molar refractivity (Wildman–Crippen MR) is 86.4 cm³/mol. The van der Waals surface area contributed by atoms with Crippen LogP contribution in [-0.4, -0.2) is 8.42 Å². The van der Waals surface area contributed by atoms with Crippen LogP contribution in [0.2, 0.25) is 0 Å². The summed E-state index contributed by atoms with van der Waals surface area (Å²) in [5.41, 5.74) is 2.96.